The summed E-state index contributed by atoms with van der Waals surface area (Å²) in [5.41, 5.74) is 10.0. The maximum Gasteiger partial charge on any atom is 0.232 e. The van der Waals surface area contributed by atoms with Crippen LogP contribution in [0.3, 0.4) is 0 Å². The molecule has 1 aliphatic heterocycles. The molecule has 0 atom stereocenters. The van der Waals surface area contributed by atoms with Gasteiger partial charge >= 0.3 is 0 Å². The van der Waals surface area contributed by atoms with E-state index in [1.54, 1.807) is 11.3 Å². The van der Waals surface area contributed by atoms with Crippen LogP contribution < -0.4 is 10.6 Å². The third-order valence-electron chi connectivity index (χ3n) is 3.57. The minimum absolute atomic E-state index is 0.157. The highest BCUT2D eigenvalue weighted by atomic mass is 32.1. The zero-order chi connectivity index (χ0) is 13.4. The van der Waals surface area contributed by atoms with Crippen LogP contribution in [-0.4, -0.2) is 12.5 Å². The van der Waals surface area contributed by atoms with Crippen molar-refractivity contribution in [1.82, 2.24) is 0 Å². The monoisotopic (exact) mass is 272 g/mol. The molecule has 0 unspecified atom stereocenters. The normalized spacial score (nSPS) is 13.6. The standard InChI is InChI=1S/C15H16N2OS/c1-10-7-11-4-5-17(14(11)9-13(10)16)15(18)8-12-3-2-6-19-12/h2-3,6-7,9H,4-5,8,16H2,1H3. The van der Waals surface area contributed by atoms with E-state index in [2.05, 4.69) is 6.07 Å². The number of aryl methyl sites for hydroxylation is 1. The number of rotatable bonds is 2. The van der Waals surface area contributed by atoms with Crippen LogP contribution in [0.1, 0.15) is 16.0 Å². The molecule has 19 heavy (non-hydrogen) atoms. The van der Waals surface area contributed by atoms with E-state index in [9.17, 15) is 4.79 Å². The van der Waals surface area contributed by atoms with E-state index in [-0.39, 0.29) is 5.91 Å². The summed E-state index contributed by atoms with van der Waals surface area (Å²) in [6, 6.07) is 8.02. The first-order chi connectivity index (χ1) is 9.15. The molecule has 0 aliphatic carbocycles. The van der Waals surface area contributed by atoms with Crippen LogP contribution in [0.5, 0.6) is 0 Å². The van der Waals surface area contributed by atoms with Gasteiger partial charge in [0.1, 0.15) is 0 Å². The molecule has 0 saturated carbocycles. The predicted octanol–water partition coefficient (Wildman–Crippen LogP) is 2.77. The van der Waals surface area contributed by atoms with Crippen molar-refractivity contribution in [2.45, 2.75) is 19.8 Å². The largest absolute Gasteiger partial charge is 0.398 e. The van der Waals surface area contributed by atoms with Gasteiger partial charge in [0, 0.05) is 22.8 Å². The highest BCUT2D eigenvalue weighted by Gasteiger charge is 2.25. The summed E-state index contributed by atoms with van der Waals surface area (Å²) in [6.07, 6.45) is 1.40. The average Bonchev–Trinajstić information content (AvgIpc) is 2.99. The highest BCUT2D eigenvalue weighted by molar-refractivity contribution is 7.10. The Labute approximate surface area is 116 Å². The Balaban J connectivity index is 1.85. The zero-order valence-corrected chi connectivity index (χ0v) is 11.7. The Hall–Kier alpha value is -1.81. The van der Waals surface area contributed by atoms with Gasteiger partial charge < -0.3 is 10.6 Å². The Bertz CT molecular complexity index is 619. The third-order valence-corrected chi connectivity index (χ3v) is 4.45. The smallest absolute Gasteiger partial charge is 0.232 e. The molecule has 1 aliphatic rings. The van der Waals surface area contributed by atoms with Crippen molar-refractivity contribution in [3.05, 3.63) is 45.6 Å². The molecular weight excluding hydrogens is 256 g/mol. The fourth-order valence-corrected chi connectivity index (χ4v) is 3.19. The number of nitrogens with zero attached hydrogens (tertiary/aromatic N) is 1. The lowest BCUT2D eigenvalue weighted by Crippen LogP contribution is -2.30. The van der Waals surface area contributed by atoms with Gasteiger partial charge in [-0.15, -0.1) is 11.3 Å². The molecule has 2 aromatic rings. The topological polar surface area (TPSA) is 46.3 Å². The summed E-state index contributed by atoms with van der Waals surface area (Å²) in [5.74, 6) is 0.157. The van der Waals surface area contributed by atoms with Crippen LogP contribution in [0.25, 0.3) is 0 Å². The Morgan fingerprint density at radius 3 is 3.05 bits per heavy atom. The molecule has 0 radical (unpaired) electrons. The SMILES string of the molecule is Cc1cc2c(cc1N)N(C(=O)Cc1cccs1)CC2. The van der Waals surface area contributed by atoms with Gasteiger partial charge in [-0.25, -0.2) is 0 Å². The van der Waals surface area contributed by atoms with Gasteiger partial charge in [0.05, 0.1) is 6.42 Å². The maximum atomic E-state index is 12.4. The van der Waals surface area contributed by atoms with Gasteiger partial charge in [-0.1, -0.05) is 12.1 Å². The Morgan fingerprint density at radius 1 is 1.47 bits per heavy atom. The number of fused-ring (bicyclic) bond motifs is 1. The van der Waals surface area contributed by atoms with Crippen molar-refractivity contribution in [2.24, 2.45) is 0 Å². The molecule has 4 heteroatoms. The summed E-state index contributed by atoms with van der Waals surface area (Å²) in [6.45, 7) is 2.77. The minimum atomic E-state index is 0.157. The highest BCUT2D eigenvalue weighted by Crippen LogP contribution is 2.32. The number of thiophene rings is 1. The van der Waals surface area contributed by atoms with E-state index >= 15 is 0 Å². The van der Waals surface area contributed by atoms with E-state index in [0.717, 1.165) is 34.8 Å². The molecule has 0 spiro atoms. The van der Waals surface area contributed by atoms with Crippen LogP contribution in [0.2, 0.25) is 0 Å². The van der Waals surface area contributed by atoms with Crippen molar-refractivity contribution in [3.8, 4) is 0 Å². The molecule has 2 N–H and O–H groups in total. The zero-order valence-electron chi connectivity index (χ0n) is 10.8. The quantitative estimate of drug-likeness (QED) is 0.854. The summed E-state index contributed by atoms with van der Waals surface area (Å²) >= 11 is 1.62. The van der Waals surface area contributed by atoms with Crippen molar-refractivity contribution in [3.63, 3.8) is 0 Å². The second-order valence-electron chi connectivity index (χ2n) is 4.89. The van der Waals surface area contributed by atoms with Crippen LogP contribution in [-0.2, 0) is 17.6 Å². The summed E-state index contributed by atoms with van der Waals surface area (Å²) < 4.78 is 0. The third kappa shape index (κ3) is 2.24. The first kappa shape index (κ1) is 12.2. The van der Waals surface area contributed by atoms with Crippen LogP contribution in [0, 0.1) is 6.92 Å². The maximum absolute atomic E-state index is 12.4. The van der Waals surface area contributed by atoms with Gasteiger partial charge in [0.25, 0.3) is 0 Å². The molecule has 1 amide bonds. The fourth-order valence-electron chi connectivity index (χ4n) is 2.49. The summed E-state index contributed by atoms with van der Waals surface area (Å²) in [7, 11) is 0. The lowest BCUT2D eigenvalue weighted by atomic mass is 10.1. The van der Waals surface area contributed by atoms with Crippen LogP contribution in [0.4, 0.5) is 11.4 Å². The van der Waals surface area contributed by atoms with Crippen LogP contribution >= 0.6 is 11.3 Å². The van der Waals surface area contributed by atoms with E-state index in [4.69, 9.17) is 5.73 Å². The molecule has 2 heterocycles. The minimum Gasteiger partial charge on any atom is -0.398 e. The molecule has 1 aromatic heterocycles. The van der Waals surface area contributed by atoms with Crippen molar-refractivity contribution in [1.29, 1.82) is 0 Å². The van der Waals surface area contributed by atoms with Crippen molar-refractivity contribution >= 4 is 28.6 Å². The van der Waals surface area contributed by atoms with E-state index in [0.29, 0.717) is 6.42 Å². The number of hydrogen-bond donors (Lipinski definition) is 1. The lowest BCUT2D eigenvalue weighted by Gasteiger charge is -2.17. The number of hydrogen-bond acceptors (Lipinski definition) is 3. The van der Waals surface area contributed by atoms with E-state index < -0.39 is 0 Å². The second kappa shape index (κ2) is 4.70. The fraction of sp³-hybridized carbons (Fsp3) is 0.267. The first-order valence-corrected chi connectivity index (χ1v) is 7.25. The molecule has 0 saturated heterocycles. The van der Waals surface area contributed by atoms with E-state index in [1.165, 1.54) is 5.56 Å². The molecule has 0 fully saturated rings. The van der Waals surface area contributed by atoms with Gasteiger partial charge in [-0.05, 0) is 42.0 Å². The predicted molar refractivity (Wildman–Crippen MR) is 79.7 cm³/mol. The van der Waals surface area contributed by atoms with Crippen molar-refractivity contribution in [2.75, 3.05) is 17.2 Å². The lowest BCUT2D eigenvalue weighted by molar-refractivity contribution is -0.117. The van der Waals surface area contributed by atoms with Gasteiger partial charge in [-0.2, -0.15) is 0 Å². The number of anilines is 2. The van der Waals surface area contributed by atoms with Gasteiger partial charge in [0.2, 0.25) is 5.91 Å². The summed E-state index contributed by atoms with van der Waals surface area (Å²) in [5, 5.41) is 2.00. The van der Waals surface area contributed by atoms with E-state index in [1.807, 2.05) is 35.4 Å². The molecular formula is C15H16N2OS. The molecule has 98 valence electrons. The number of carbonyl (C=O) groups excluding carboxylic acids is 1. The van der Waals surface area contributed by atoms with Gasteiger partial charge in [-0.3, -0.25) is 4.79 Å². The Kier molecular flexibility index (Phi) is 3.03. The first-order valence-electron chi connectivity index (χ1n) is 6.37. The van der Waals surface area contributed by atoms with Crippen molar-refractivity contribution < 1.29 is 4.79 Å². The molecule has 3 nitrogen and oxygen atoms in total. The number of nitrogens with two attached hydrogens (primary N) is 1. The molecule has 0 bridgehead atoms. The summed E-state index contributed by atoms with van der Waals surface area (Å²) in [4.78, 5) is 15.3. The number of carbonyl (C=O) groups is 1. The average molecular weight is 272 g/mol. The molecule has 1 aromatic carbocycles. The molecule has 3 rings (SSSR count). The Morgan fingerprint density at radius 2 is 2.32 bits per heavy atom. The number of nitrogen functional groups attached to an aromatic ring is 1. The second-order valence-corrected chi connectivity index (χ2v) is 5.92. The van der Waals surface area contributed by atoms with Crippen LogP contribution in [0.15, 0.2) is 29.6 Å². The number of amides is 1. The van der Waals surface area contributed by atoms with Gasteiger partial charge in [0.15, 0.2) is 0 Å². The number of benzene rings is 1.